The third kappa shape index (κ3) is 5.23. The number of rotatable bonds is 9. The highest BCUT2D eigenvalue weighted by molar-refractivity contribution is 8.05. The van der Waals surface area contributed by atoms with Gasteiger partial charge >= 0.3 is 0 Å². The molecule has 4 rings (SSSR count). The van der Waals surface area contributed by atoms with Gasteiger partial charge in [-0.2, -0.15) is 0 Å². The first-order chi connectivity index (χ1) is 16.6. The molecule has 1 aliphatic heterocycles. The lowest BCUT2D eigenvalue weighted by Crippen LogP contribution is -2.27. The molecule has 1 saturated heterocycles. The number of amides is 1. The smallest absolute Gasteiger partial charge is 0.266 e. The molecule has 0 spiro atoms. The number of nitrogens with zero attached hydrogens (tertiary/aromatic N) is 1. The van der Waals surface area contributed by atoms with Crippen molar-refractivity contribution in [3.05, 3.63) is 88.8 Å². The molecule has 1 unspecified atom stereocenters. The number of para-hydroxylation sites is 1. The number of benzene rings is 3. The molecule has 0 radical (unpaired) electrons. The standard InChI is InChI=1S/C28H29NO4S/c1-4-5-17-33-24-16-11-20(18-25(24)32-3)19-26-27(30)29(22-9-7-6-8-10-22)28(34-26)21-12-14-23(31-2)15-13-21/h6-16,18-19,28H,4-5,17H2,1-3H3. The SMILES string of the molecule is CCCCOc1ccc(C=C2SC(c3ccc(OC)cc3)N(c3ccccc3)C2=O)cc1OC. The number of carbonyl (C=O) groups excluding carboxylic acids is 1. The first-order valence-corrected chi connectivity index (χ1v) is 12.2. The van der Waals surface area contributed by atoms with Crippen molar-refractivity contribution in [3.63, 3.8) is 0 Å². The van der Waals surface area contributed by atoms with E-state index in [1.165, 1.54) is 0 Å². The van der Waals surface area contributed by atoms with Gasteiger partial charge in [-0.1, -0.05) is 61.5 Å². The average Bonchev–Trinajstić information content (AvgIpc) is 3.21. The van der Waals surface area contributed by atoms with Crippen molar-refractivity contribution in [1.29, 1.82) is 0 Å². The molecule has 1 aliphatic rings. The van der Waals surface area contributed by atoms with Gasteiger partial charge in [-0.05, 0) is 60.0 Å². The second kappa shape index (κ2) is 11.2. The van der Waals surface area contributed by atoms with Crippen LogP contribution in [-0.4, -0.2) is 26.7 Å². The van der Waals surface area contributed by atoms with Gasteiger partial charge in [0.2, 0.25) is 0 Å². The zero-order valence-electron chi connectivity index (χ0n) is 19.7. The summed E-state index contributed by atoms with van der Waals surface area (Å²) in [5.74, 6) is 2.13. The second-order valence-corrected chi connectivity index (χ2v) is 9.00. The van der Waals surface area contributed by atoms with E-state index in [-0.39, 0.29) is 11.3 Å². The summed E-state index contributed by atoms with van der Waals surface area (Å²) in [5.41, 5.74) is 2.78. The fourth-order valence-corrected chi connectivity index (χ4v) is 5.00. The molecule has 34 heavy (non-hydrogen) atoms. The summed E-state index contributed by atoms with van der Waals surface area (Å²) in [7, 11) is 3.28. The molecule has 0 saturated carbocycles. The minimum absolute atomic E-state index is 0.0285. The predicted molar refractivity (Wildman–Crippen MR) is 139 cm³/mol. The quantitative estimate of drug-likeness (QED) is 0.254. The van der Waals surface area contributed by atoms with Crippen molar-refractivity contribution in [2.24, 2.45) is 0 Å². The Bertz CT molecular complexity index is 1140. The lowest BCUT2D eigenvalue weighted by Gasteiger charge is -2.23. The third-order valence-corrected chi connectivity index (χ3v) is 6.83. The molecule has 3 aromatic carbocycles. The Morgan fingerprint density at radius 1 is 0.941 bits per heavy atom. The maximum Gasteiger partial charge on any atom is 0.266 e. The van der Waals surface area contributed by atoms with E-state index >= 15 is 0 Å². The molecule has 6 heteroatoms. The second-order valence-electron chi connectivity index (χ2n) is 7.87. The molecular weight excluding hydrogens is 446 g/mol. The van der Waals surface area contributed by atoms with Crippen LogP contribution in [0.25, 0.3) is 6.08 Å². The van der Waals surface area contributed by atoms with E-state index in [9.17, 15) is 4.79 Å². The van der Waals surface area contributed by atoms with Gasteiger partial charge in [0, 0.05) is 5.69 Å². The van der Waals surface area contributed by atoms with Crippen molar-refractivity contribution >= 4 is 29.4 Å². The first-order valence-electron chi connectivity index (χ1n) is 11.4. The fourth-order valence-electron chi connectivity index (χ4n) is 3.74. The highest BCUT2D eigenvalue weighted by Crippen LogP contribution is 2.48. The van der Waals surface area contributed by atoms with Gasteiger partial charge in [-0.3, -0.25) is 9.69 Å². The van der Waals surface area contributed by atoms with Gasteiger partial charge in [-0.15, -0.1) is 0 Å². The van der Waals surface area contributed by atoms with E-state index in [4.69, 9.17) is 14.2 Å². The van der Waals surface area contributed by atoms with Crippen molar-refractivity contribution in [1.82, 2.24) is 0 Å². The van der Waals surface area contributed by atoms with Crippen LogP contribution in [0.5, 0.6) is 17.2 Å². The van der Waals surface area contributed by atoms with Crippen LogP contribution in [0.1, 0.15) is 36.3 Å². The van der Waals surface area contributed by atoms with Crippen LogP contribution in [0.2, 0.25) is 0 Å². The summed E-state index contributed by atoms with van der Waals surface area (Å²) in [6.07, 6.45) is 3.98. The molecule has 0 bridgehead atoms. The minimum atomic E-state index is -0.175. The largest absolute Gasteiger partial charge is 0.497 e. The monoisotopic (exact) mass is 475 g/mol. The first kappa shape index (κ1) is 23.8. The highest BCUT2D eigenvalue weighted by atomic mass is 32.2. The molecule has 1 fully saturated rings. The number of hydrogen-bond acceptors (Lipinski definition) is 5. The minimum Gasteiger partial charge on any atom is -0.497 e. The number of hydrogen-bond donors (Lipinski definition) is 0. The van der Waals surface area contributed by atoms with Crippen molar-refractivity contribution in [2.45, 2.75) is 25.1 Å². The fraction of sp³-hybridized carbons (Fsp3) is 0.250. The number of methoxy groups -OCH3 is 2. The molecule has 1 amide bonds. The summed E-state index contributed by atoms with van der Waals surface area (Å²) in [6, 6.07) is 23.4. The van der Waals surface area contributed by atoms with Crippen molar-refractivity contribution < 1.29 is 19.0 Å². The van der Waals surface area contributed by atoms with E-state index in [1.54, 1.807) is 26.0 Å². The zero-order chi connectivity index (χ0) is 23.9. The van der Waals surface area contributed by atoms with Gasteiger partial charge in [-0.25, -0.2) is 0 Å². The van der Waals surface area contributed by atoms with Crippen molar-refractivity contribution in [2.75, 3.05) is 25.7 Å². The lowest BCUT2D eigenvalue weighted by molar-refractivity contribution is -0.114. The van der Waals surface area contributed by atoms with Gasteiger partial charge in [0.25, 0.3) is 5.91 Å². The molecule has 5 nitrogen and oxygen atoms in total. The summed E-state index contributed by atoms with van der Waals surface area (Å²) in [6.45, 7) is 2.78. The molecule has 1 heterocycles. The van der Waals surface area contributed by atoms with Crippen LogP contribution in [-0.2, 0) is 4.79 Å². The summed E-state index contributed by atoms with van der Waals surface area (Å²) >= 11 is 1.54. The van der Waals surface area contributed by atoms with Crippen LogP contribution in [0.4, 0.5) is 5.69 Å². The number of thioether (sulfide) groups is 1. The molecule has 0 aliphatic carbocycles. The van der Waals surface area contributed by atoms with E-state index < -0.39 is 0 Å². The van der Waals surface area contributed by atoms with Gasteiger partial charge in [0.05, 0.1) is 25.7 Å². The van der Waals surface area contributed by atoms with Gasteiger partial charge < -0.3 is 14.2 Å². The molecule has 3 aromatic rings. The molecule has 176 valence electrons. The highest BCUT2D eigenvalue weighted by Gasteiger charge is 2.38. The molecular formula is C28H29NO4S. The summed E-state index contributed by atoms with van der Waals surface area (Å²) < 4.78 is 16.7. The average molecular weight is 476 g/mol. The van der Waals surface area contributed by atoms with Crippen LogP contribution in [0.15, 0.2) is 77.7 Å². The van der Waals surface area contributed by atoms with E-state index in [1.807, 2.05) is 83.8 Å². The Morgan fingerprint density at radius 2 is 1.71 bits per heavy atom. The van der Waals surface area contributed by atoms with Gasteiger partial charge in [0.1, 0.15) is 11.1 Å². The number of ether oxygens (including phenoxy) is 3. The van der Waals surface area contributed by atoms with Gasteiger partial charge in [0.15, 0.2) is 11.5 Å². The maximum atomic E-state index is 13.6. The van der Waals surface area contributed by atoms with Crippen LogP contribution in [0, 0.1) is 0 Å². The zero-order valence-corrected chi connectivity index (χ0v) is 20.5. The Labute approximate surface area is 205 Å². The number of unbranched alkanes of at least 4 members (excludes halogenated alkanes) is 1. The van der Waals surface area contributed by atoms with E-state index in [0.717, 1.165) is 35.4 Å². The lowest BCUT2D eigenvalue weighted by atomic mass is 10.1. The topological polar surface area (TPSA) is 48.0 Å². The number of carbonyl (C=O) groups is 1. The van der Waals surface area contributed by atoms with E-state index in [0.29, 0.717) is 23.0 Å². The Hall–Kier alpha value is -3.38. The predicted octanol–water partition coefficient (Wildman–Crippen LogP) is 6.70. The summed E-state index contributed by atoms with van der Waals surface area (Å²) in [5, 5.41) is -0.175. The Morgan fingerprint density at radius 3 is 2.38 bits per heavy atom. The van der Waals surface area contributed by atoms with Crippen LogP contribution < -0.4 is 19.1 Å². The Kier molecular flexibility index (Phi) is 7.80. The maximum absolute atomic E-state index is 13.6. The molecule has 0 N–H and O–H groups in total. The number of anilines is 1. The normalized spacial score (nSPS) is 16.7. The van der Waals surface area contributed by atoms with E-state index in [2.05, 4.69) is 6.92 Å². The summed E-state index contributed by atoms with van der Waals surface area (Å²) in [4.78, 5) is 16.1. The molecule has 0 aromatic heterocycles. The third-order valence-electron chi connectivity index (χ3n) is 5.58. The van der Waals surface area contributed by atoms with Crippen LogP contribution in [0.3, 0.4) is 0 Å². The Balaban J connectivity index is 1.66. The van der Waals surface area contributed by atoms with Crippen molar-refractivity contribution in [3.8, 4) is 17.2 Å². The molecule has 1 atom stereocenters. The van der Waals surface area contributed by atoms with Crippen LogP contribution >= 0.6 is 11.8 Å².